The molecular weight excluding hydrogens is 1220 g/mol. The van der Waals surface area contributed by atoms with E-state index in [1.165, 1.54) is 36.4 Å². The molecule has 12 rings (SSSR count). The highest BCUT2D eigenvalue weighted by molar-refractivity contribution is 6.06. The van der Waals surface area contributed by atoms with Crippen molar-refractivity contribution in [3.05, 3.63) is 188 Å². The molecule has 2 fully saturated rings. The molecular formula is C74H79N9O13. The minimum absolute atomic E-state index is 0.0243. The maximum atomic E-state index is 14.8. The number of carbonyl (C=O) groups is 8. The first kappa shape index (κ1) is 65.6. The quantitative estimate of drug-likeness (QED) is 0.0263. The van der Waals surface area contributed by atoms with E-state index in [1.54, 1.807) is 36.4 Å². The lowest BCUT2D eigenvalue weighted by atomic mass is 9.77. The molecule has 6 aliphatic rings. The van der Waals surface area contributed by atoms with E-state index in [-0.39, 0.29) is 89.8 Å². The standard InChI is InChI=1S/C74H79N9O13/c1-6-82-34-36-83(37-35-82)47-17-13-44(14-18-47)68(88)79-73(29-9-7-10-30-73)72(93)78-60(69(89)77-33-32-76-67(87)45-15-23-52(55(38-45)70(90)91)65-53-24-21-50(84)42-61(53)94-62-43-51(85)22-25-54(62)65)12-8-11-31-75-66(86)46-16-26-57-56(39-46)71(92)96-74(57)58-27-19-48(80(2)3)40-63(58)95-64-41-49(81(4)5)20-28-59(64)74/h13-21,23-24,26-28,38-43,60,84H,6-12,22,25,29-37H2,1-5H3,(H,75,86)(H,76,87)(H,77,89)(H,78,93)(H,79,88)(H,90,91)/t60-/m0/s1. The van der Waals surface area contributed by atoms with Crippen molar-refractivity contribution in [3.8, 4) is 23.0 Å². The maximum absolute atomic E-state index is 14.8. The van der Waals surface area contributed by atoms with Gasteiger partial charge in [-0.25, -0.2) is 9.59 Å². The van der Waals surface area contributed by atoms with E-state index in [0.717, 1.165) is 56.2 Å². The third-order valence-electron chi connectivity index (χ3n) is 19.2. The molecule has 0 bridgehead atoms. The fraction of sp³-hybridized carbons (Fsp3) is 0.351. The third kappa shape index (κ3) is 13.1. The monoisotopic (exact) mass is 1300 g/mol. The van der Waals surface area contributed by atoms with Crippen molar-refractivity contribution in [2.24, 2.45) is 0 Å². The van der Waals surface area contributed by atoms with Crippen LogP contribution in [0, 0.1) is 0 Å². The maximum Gasteiger partial charge on any atom is 0.340 e. The second kappa shape index (κ2) is 27.5. The predicted octanol–water partition coefficient (Wildman–Crippen LogP) is 8.44. The van der Waals surface area contributed by atoms with Gasteiger partial charge in [0.2, 0.25) is 11.8 Å². The number of unbranched alkanes of at least 4 members (excludes halogenated alkanes) is 1. The molecule has 1 atom stereocenters. The first-order chi connectivity index (χ1) is 46.2. The zero-order chi connectivity index (χ0) is 67.6. The average Bonchev–Trinajstić information content (AvgIpc) is 1.46. The number of carboxylic acid groups (broad SMARTS) is 1. The number of phenolic OH excluding ortho intramolecular Hbond substituents is 1. The second-order valence-electron chi connectivity index (χ2n) is 25.6. The first-order valence-electron chi connectivity index (χ1n) is 32.9. The number of rotatable bonds is 21. The van der Waals surface area contributed by atoms with Crippen molar-refractivity contribution >= 4 is 69.9 Å². The summed E-state index contributed by atoms with van der Waals surface area (Å²) in [5.41, 5.74) is 4.54. The van der Waals surface area contributed by atoms with Crippen molar-refractivity contribution in [3.63, 3.8) is 0 Å². The van der Waals surface area contributed by atoms with E-state index in [4.69, 9.17) is 14.2 Å². The number of aromatic hydroxyl groups is 1. The van der Waals surface area contributed by atoms with Crippen LogP contribution >= 0.6 is 0 Å². The molecule has 498 valence electrons. The second-order valence-corrected chi connectivity index (χ2v) is 25.6. The molecule has 1 saturated heterocycles. The number of carboxylic acids is 1. The summed E-state index contributed by atoms with van der Waals surface area (Å²) >= 11 is 0. The van der Waals surface area contributed by atoms with Gasteiger partial charge >= 0.3 is 11.9 Å². The lowest BCUT2D eigenvalue weighted by Gasteiger charge is -2.38. The third-order valence-corrected chi connectivity index (χ3v) is 19.2. The number of nitrogens with zero attached hydrogens (tertiary/aromatic N) is 4. The molecule has 4 heterocycles. The van der Waals surface area contributed by atoms with Gasteiger partial charge in [0.15, 0.2) is 11.4 Å². The molecule has 0 radical (unpaired) electrons. The number of fused-ring (bicyclic) bond motifs is 8. The Bertz CT molecular complexity index is 4120. The molecule has 2 aliphatic carbocycles. The van der Waals surface area contributed by atoms with E-state index in [1.807, 2.05) is 86.5 Å². The summed E-state index contributed by atoms with van der Waals surface area (Å²) in [6, 6.07) is 31.4. The zero-order valence-electron chi connectivity index (χ0n) is 54.5. The lowest BCUT2D eigenvalue weighted by Crippen LogP contribution is -2.62. The summed E-state index contributed by atoms with van der Waals surface area (Å²) in [5, 5.41) is 35.5. The van der Waals surface area contributed by atoms with Crippen LogP contribution in [0.1, 0.15) is 151 Å². The number of hydrogen-bond donors (Lipinski definition) is 7. The van der Waals surface area contributed by atoms with Gasteiger partial charge in [-0.15, -0.1) is 0 Å². The Balaban J connectivity index is 0.728. The minimum atomic E-state index is -1.36. The smallest absolute Gasteiger partial charge is 0.340 e. The number of esters is 1. The van der Waals surface area contributed by atoms with Crippen LogP contribution in [-0.4, -0.2) is 155 Å². The molecule has 1 spiro atoms. The topological polar surface area (TPSA) is 278 Å². The molecule has 1 saturated carbocycles. The number of anilines is 3. The molecule has 6 aromatic rings. The van der Waals surface area contributed by atoms with Crippen molar-refractivity contribution < 1.29 is 62.8 Å². The number of ketones is 1. The summed E-state index contributed by atoms with van der Waals surface area (Å²) in [4.78, 5) is 119. The predicted molar refractivity (Wildman–Crippen MR) is 361 cm³/mol. The molecule has 0 aromatic heterocycles. The summed E-state index contributed by atoms with van der Waals surface area (Å²) in [5.74, 6) is -3.15. The fourth-order valence-corrected chi connectivity index (χ4v) is 13.8. The molecule has 22 nitrogen and oxygen atoms in total. The van der Waals surface area contributed by atoms with Crippen molar-refractivity contribution in [2.45, 2.75) is 88.3 Å². The number of hydrogen-bond acceptors (Lipinski definition) is 16. The number of allylic oxidation sites excluding steroid dienone is 2. The summed E-state index contributed by atoms with van der Waals surface area (Å²) in [6.45, 7) is 6.76. The van der Waals surface area contributed by atoms with Crippen LogP contribution in [0.25, 0.3) is 5.57 Å². The van der Waals surface area contributed by atoms with Crippen molar-refractivity contribution in [2.75, 3.05) is 95.2 Å². The van der Waals surface area contributed by atoms with Gasteiger partial charge in [0.25, 0.3) is 17.7 Å². The van der Waals surface area contributed by atoms with Gasteiger partial charge in [0.05, 0.1) is 11.1 Å². The van der Waals surface area contributed by atoms with E-state index >= 15 is 0 Å². The van der Waals surface area contributed by atoms with E-state index in [2.05, 4.69) is 43.3 Å². The highest BCUT2D eigenvalue weighted by Gasteiger charge is 2.54. The van der Waals surface area contributed by atoms with Gasteiger partial charge < -0.3 is 70.6 Å². The number of phenols is 1. The van der Waals surface area contributed by atoms with Crippen molar-refractivity contribution in [1.82, 2.24) is 31.5 Å². The highest BCUT2D eigenvalue weighted by Crippen LogP contribution is 2.57. The van der Waals surface area contributed by atoms with Gasteiger partial charge in [-0.05, 0) is 136 Å². The molecule has 22 heteroatoms. The largest absolute Gasteiger partial charge is 0.508 e. The molecule has 7 N–H and O–H groups in total. The van der Waals surface area contributed by atoms with Gasteiger partial charge in [-0.2, -0.15) is 0 Å². The number of piperazine rings is 1. The van der Waals surface area contributed by atoms with Crippen LogP contribution in [0.2, 0.25) is 0 Å². The normalized spacial score (nSPS) is 16.7. The Morgan fingerprint density at radius 2 is 1.24 bits per heavy atom. The van der Waals surface area contributed by atoms with Gasteiger partial charge in [-0.1, -0.05) is 38.3 Å². The first-order valence-corrected chi connectivity index (χ1v) is 32.9. The van der Waals surface area contributed by atoms with Crippen LogP contribution < -0.4 is 50.8 Å². The Morgan fingerprint density at radius 1 is 0.615 bits per heavy atom. The highest BCUT2D eigenvalue weighted by atomic mass is 16.6. The Hall–Kier alpha value is -10.5. The number of likely N-dealkylation sites (N-methyl/N-ethyl adjacent to an activating group) is 1. The Morgan fingerprint density at radius 3 is 1.91 bits per heavy atom. The van der Waals surface area contributed by atoms with Crippen LogP contribution in [0.4, 0.5) is 17.1 Å². The van der Waals surface area contributed by atoms with Crippen LogP contribution in [0.15, 0.2) is 133 Å². The average molecular weight is 1300 g/mol. The van der Waals surface area contributed by atoms with E-state index < -0.39 is 58.7 Å². The minimum Gasteiger partial charge on any atom is -0.508 e. The summed E-state index contributed by atoms with van der Waals surface area (Å²) < 4.78 is 19.0. The van der Waals surface area contributed by atoms with Gasteiger partial charge in [0, 0.05) is 172 Å². The molecule has 4 aliphatic heterocycles. The molecule has 5 amide bonds. The van der Waals surface area contributed by atoms with Crippen LogP contribution in [0.3, 0.4) is 0 Å². The van der Waals surface area contributed by atoms with Crippen LogP contribution in [-0.2, 0) is 24.7 Å². The van der Waals surface area contributed by atoms with Gasteiger partial charge in [0.1, 0.15) is 40.3 Å². The number of amides is 5. The number of aromatic carboxylic acids is 1. The number of benzene rings is 6. The fourth-order valence-electron chi connectivity index (χ4n) is 13.8. The summed E-state index contributed by atoms with van der Waals surface area (Å²) in [7, 11) is 7.71. The molecule has 0 unspecified atom stereocenters. The van der Waals surface area contributed by atoms with Crippen LogP contribution in [0.5, 0.6) is 23.0 Å². The molecule has 6 aromatic carbocycles. The van der Waals surface area contributed by atoms with E-state index in [9.17, 15) is 48.6 Å². The molecule has 96 heavy (non-hydrogen) atoms. The Labute approximate surface area is 556 Å². The van der Waals surface area contributed by atoms with Gasteiger partial charge in [-0.3, -0.25) is 28.8 Å². The number of ether oxygens (including phenoxy) is 3. The summed E-state index contributed by atoms with van der Waals surface area (Å²) in [6.07, 6.45) is 5.53. The number of carbonyl (C=O) groups excluding carboxylic acids is 7. The SMILES string of the molecule is CCN1CCN(c2ccc(C(=O)NC3(C(=O)N[C@@H](CCCCNC(=O)c4ccc5c(c4)C(=O)OC54c5ccc(N(C)C)cc5Oc5cc(N(C)C)ccc54)C(=O)NCCNC(=O)c4ccc(C5=C6CCC(=O)C=C6Oc6cc(O)ccc65)c(C(=O)O)c4)CCCCC3)cc2)CC1. The Kier molecular flexibility index (Phi) is 18.8. The van der Waals surface area contributed by atoms with Crippen molar-refractivity contribution in [1.29, 1.82) is 0 Å². The zero-order valence-corrected chi connectivity index (χ0v) is 54.5. The van der Waals surface area contributed by atoms with E-state index in [0.29, 0.717) is 89.0 Å². The number of nitrogens with one attached hydrogen (secondary N) is 5. The lowest BCUT2D eigenvalue weighted by molar-refractivity contribution is -0.133.